The molecule has 5 heteroatoms. The largest absolute Gasteiger partial charge is 0.451 e. The van der Waals surface area contributed by atoms with Crippen LogP contribution in [0.25, 0.3) is 11.0 Å². The van der Waals surface area contributed by atoms with E-state index in [0.717, 1.165) is 56.5 Å². The number of furan rings is 1. The van der Waals surface area contributed by atoms with E-state index in [4.69, 9.17) is 4.42 Å². The van der Waals surface area contributed by atoms with Crippen molar-refractivity contribution in [3.05, 3.63) is 70.5 Å². The van der Waals surface area contributed by atoms with Crippen LogP contribution in [0.15, 0.2) is 46.9 Å². The van der Waals surface area contributed by atoms with Crippen molar-refractivity contribution in [3.63, 3.8) is 0 Å². The molecule has 0 aliphatic carbocycles. The summed E-state index contributed by atoms with van der Waals surface area (Å²) in [7, 11) is 0. The molecule has 33 heavy (non-hydrogen) atoms. The first kappa shape index (κ1) is 22.2. The van der Waals surface area contributed by atoms with Gasteiger partial charge in [-0.15, -0.1) is 0 Å². The lowest BCUT2D eigenvalue weighted by Crippen LogP contribution is -2.42. The number of fused-ring (bicyclic) bond motifs is 1. The molecule has 0 saturated carbocycles. The summed E-state index contributed by atoms with van der Waals surface area (Å²) < 4.78 is 5.88. The molecule has 1 aromatic heterocycles. The molecule has 174 valence electrons. The first-order valence-electron chi connectivity index (χ1n) is 12.3. The summed E-state index contributed by atoms with van der Waals surface area (Å²) in [6.45, 7) is 8.54. The van der Waals surface area contributed by atoms with Gasteiger partial charge in [0, 0.05) is 38.1 Å². The fraction of sp³-hybridized carbons (Fsp3) is 0.464. The molecule has 2 aliphatic heterocycles. The van der Waals surface area contributed by atoms with Gasteiger partial charge in [0.25, 0.3) is 5.91 Å². The molecule has 0 atom stereocenters. The van der Waals surface area contributed by atoms with Crippen molar-refractivity contribution in [2.75, 3.05) is 26.2 Å². The van der Waals surface area contributed by atoms with Crippen molar-refractivity contribution < 1.29 is 14.3 Å². The highest BCUT2D eigenvalue weighted by atomic mass is 16.3. The maximum absolute atomic E-state index is 12.8. The van der Waals surface area contributed by atoms with E-state index in [1.165, 1.54) is 23.1 Å². The van der Waals surface area contributed by atoms with Gasteiger partial charge in [-0.2, -0.15) is 0 Å². The molecule has 5 nitrogen and oxygen atoms in total. The summed E-state index contributed by atoms with van der Waals surface area (Å²) in [6.07, 6.45) is 4.70. The second-order valence-electron chi connectivity index (χ2n) is 9.95. The molecule has 5 rings (SSSR count). The van der Waals surface area contributed by atoms with Crippen LogP contribution in [0.5, 0.6) is 0 Å². The van der Waals surface area contributed by atoms with Gasteiger partial charge in [0.1, 0.15) is 5.58 Å². The first-order valence-corrected chi connectivity index (χ1v) is 12.3. The average molecular weight is 447 g/mol. The molecule has 2 aliphatic rings. The Labute approximate surface area is 196 Å². The lowest BCUT2D eigenvalue weighted by Gasteiger charge is -2.38. The van der Waals surface area contributed by atoms with E-state index in [1.54, 1.807) is 0 Å². The van der Waals surface area contributed by atoms with E-state index in [0.29, 0.717) is 24.2 Å². The zero-order valence-corrected chi connectivity index (χ0v) is 19.8. The predicted octanol–water partition coefficient (Wildman–Crippen LogP) is 5.16. The lowest BCUT2D eigenvalue weighted by atomic mass is 9.84. The summed E-state index contributed by atoms with van der Waals surface area (Å²) in [4.78, 5) is 17.1. The van der Waals surface area contributed by atoms with Crippen LogP contribution < -0.4 is 0 Å². The van der Waals surface area contributed by atoms with Crippen molar-refractivity contribution >= 4 is 16.9 Å². The summed E-state index contributed by atoms with van der Waals surface area (Å²) in [6, 6.07) is 14.3. The van der Waals surface area contributed by atoms with Gasteiger partial charge in [-0.05, 0) is 80.8 Å². The normalized spacial score (nSPS) is 19.2. The molecule has 2 saturated heterocycles. The maximum Gasteiger partial charge on any atom is 0.289 e. The quantitative estimate of drug-likeness (QED) is 0.601. The summed E-state index contributed by atoms with van der Waals surface area (Å²) in [5.74, 6) is 0.380. The van der Waals surface area contributed by atoms with Gasteiger partial charge in [-0.3, -0.25) is 9.69 Å². The molecule has 0 unspecified atom stereocenters. The number of hydrogen-bond acceptors (Lipinski definition) is 4. The molecule has 2 aromatic carbocycles. The van der Waals surface area contributed by atoms with Crippen LogP contribution in [0.4, 0.5) is 0 Å². The highest BCUT2D eigenvalue weighted by Gasteiger charge is 2.34. The van der Waals surface area contributed by atoms with Crippen LogP contribution >= 0.6 is 0 Å². The second-order valence-corrected chi connectivity index (χ2v) is 9.95. The van der Waals surface area contributed by atoms with Gasteiger partial charge in [-0.25, -0.2) is 0 Å². The van der Waals surface area contributed by atoms with Gasteiger partial charge in [-0.1, -0.05) is 29.8 Å². The molecule has 1 N–H and O–H groups in total. The number of hydrogen-bond donors (Lipinski definition) is 1. The molecule has 2 fully saturated rings. The Morgan fingerprint density at radius 3 is 2.45 bits per heavy atom. The number of nitrogens with zero attached hydrogens (tertiary/aromatic N) is 2. The van der Waals surface area contributed by atoms with Crippen molar-refractivity contribution in [3.8, 4) is 0 Å². The van der Waals surface area contributed by atoms with Gasteiger partial charge in [0.2, 0.25) is 0 Å². The van der Waals surface area contributed by atoms with Crippen molar-refractivity contribution in [2.24, 2.45) is 0 Å². The van der Waals surface area contributed by atoms with Crippen molar-refractivity contribution in [2.45, 2.75) is 58.1 Å². The topological polar surface area (TPSA) is 56.9 Å². The number of rotatable bonds is 4. The zero-order chi connectivity index (χ0) is 23.0. The van der Waals surface area contributed by atoms with Crippen LogP contribution in [-0.2, 0) is 12.1 Å². The van der Waals surface area contributed by atoms with E-state index in [-0.39, 0.29) is 5.91 Å². The Morgan fingerprint density at radius 2 is 1.73 bits per heavy atom. The molecular formula is C28H34N2O3. The average Bonchev–Trinajstić information content (AvgIpc) is 3.26. The fourth-order valence-electron chi connectivity index (χ4n) is 5.32. The molecule has 0 bridgehead atoms. The number of carbonyl (C=O) groups excluding carboxylic acids is 1. The van der Waals surface area contributed by atoms with Crippen LogP contribution in [0.1, 0.15) is 64.9 Å². The third kappa shape index (κ3) is 4.57. The highest BCUT2D eigenvalue weighted by molar-refractivity contribution is 5.96. The van der Waals surface area contributed by atoms with Gasteiger partial charge in [0.05, 0.1) is 5.60 Å². The summed E-state index contributed by atoms with van der Waals surface area (Å²) in [5, 5.41) is 12.4. The number of likely N-dealkylation sites (tertiary alicyclic amines) is 2. The number of aliphatic hydroxyl groups is 1. The Bertz CT molecular complexity index is 1150. The van der Waals surface area contributed by atoms with E-state index in [2.05, 4.69) is 36.9 Å². The van der Waals surface area contributed by atoms with Crippen LogP contribution in [-0.4, -0.2) is 47.0 Å². The number of carbonyl (C=O) groups is 1. The number of aryl methyl sites for hydroxylation is 2. The maximum atomic E-state index is 12.8. The third-order valence-electron chi connectivity index (χ3n) is 7.48. The Hall–Kier alpha value is -2.63. The highest BCUT2D eigenvalue weighted by Crippen LogP contribution is 2.35. The van der Waals surface area contributed by atoms with Crippen molar-refractivity contribution in [1.82, 2.24) is 9.80 Å². The summed E-state index contributed by atoms with van der Waals surface area (Å²) >= 11 is 0. The van der Waals surface area contributed by atoms with Gasteiger partial charge in [0.15, 0.2) is 5.76 Å². The minimum Gasteiger partial charge on any atom is -0.451 e. The number of amides is 1. The van der Waals surface area contributed by atoms with Crippen molar-refractivity contribution in [1.29, 1.82) is 0 Å². The van der Waals surface area contributed by atoms with E-state index in [9.17, 15) is 9.90 Å². The fourth-order valence-corrected chi connectivity index (χ4v) is 5.32. The van der Waals surface area contributed by atoms with E-state index < -0.39 is 5.60 Å². The van der Waals surface area contributed by atoms with Gasteiger partial charge < -0.3 is 14.4 Å². The predicted molar refractivity (Wildman–Crippen MR) is 130 cm³/mol. The molecule has 0 radical (unpaired) electrons. The molecule has 0 spiro atoms. The minimum absolute atomic E-state index is 0.0223. The smallest absolute Gasteiger partial charge is 0.289 e. The Balaban J connectivity index is 1.28. The molecule has 3 heterocycles. The number of piperidine rings is 2. The Kier molecular flexibility index (Phi) is 6.02. The first-order chi connectivity index (χ1) is 15.9. The molecule has 3 aromatic rings. The third-order valence-corrected chi connectivity index (χ3v) is 7.48. The zero-order valence-electron chi connectivity index (χ0n) is 19.8. The lowest BCUT2D eigenvalue weighted by molar-refractivity contribution is -0.0276. The second kappa shape index (κ2) is 8.96. The van der Waals surface area contributed by atoms with E-state index in [1.807, 2.05) is 29.2 Å². The van der Waals surface area contributed by atoms with Crippen LogP contribution in [0.2, 0.25) is 0 Å². The SMILES string of the molecule is Cc1ccc(CN2CCC(O)(c3ccc4oc(C(=O)N5CCCCC5)cc4c3)CC2)c(C)c1. The standard InChI is InChI=1S/C28H34N2O3/c1-20-6-7-22(21(2)16-20)19-29-14-10-28(32,11-15-29)24-8-9-25-23(17-24)18-26(33-25)27(31)30-12-4-3-5-13-30/h6-9,16-18,32H,3-5,10-15,19H2,1-2H3. The summed E-state index contributed by atoms with van der Waals surface area (Å²) in [5.41, 5.74) is 4.75. The minimum atomic E-state index is -0.846. The van der Waals surface area contributed by atoms with E-state index >= 15 is 0 Å². The van der Waals surface area contributed by atoms with Crippen LogP contribution in [0.3, 0.4) is 0 Å². The molecular weight excluding hydrogens is 412 g/mol. The monoisotopic (exact) mass is 446 g/mol. The molecule has 1 amide bonds. The Morgan fingerprint density at radius 1 is 0.970 bits per heavy atom. The van der Waals surface area contributed by atoms with Gasteiger partial charge >= 0.3 is 0 Å². The van der Waals surface area contributed by atoms with Crippen LogP contribution in [0, 0.1) is 13.8 Å². The number of benzene rings is 2.